The molecule has 35 heavy (non-hydrogen) atoms. The quantitative estimate of drug-likeness (QED) is 0.404. The smallest absolute Gasteiger partial charge is 0.269 e. The molecule has 0 aromatic heterocycles. The molecule has 3 N–H and O–H groups in total. The van der Waals surface area contributed by atoms with E-state index < -0.39 is 28.8 Å². The first kappa shape index (κ1) is 26.8. The molecule has 2 aliphatic rings. The van der Waals surface area contributed by atoms with Crippen LogP contribution in [0.25, 0.3) is 0 Å². The summed E-state index contributed by atoms with van der Waals surface area (Å²) in [5, 5.41) is 14.1. The number of nitro benzene ring substituents is 1. The highest BCUT2D eigenvalue weighted by molar-refractivity contribution is 6.02. The zero-order valence-corrected chi connectivity index (χ0v) is 20.6. The van der Waals surface area contributed by atoms with Gasteiger partial charge in [0.05, 0.1) is 11.0 Å². The van der Waals surface area contributed by atoms with E-state index in [0.29, 0.717) is 5.56 Å². The molecule has 3 rings (SSSR count). The maximum absolute atomic E-state index is 13.6. The predicted molar refractivity (Wildman–Crippen MR) is 132 cm³/mol. The van der Waals surface area contributed by atoms with Crippen LogP contribution in [-0.2, 0) is 20.8 Å². The average molecular weight is 487 g/mol. The number of non-ortho nitro benzene ring substituents is 1. The van der Waals surface area contributed by atoms with Crippen molar-refractivity contribution in [3.63, 3.8) is 0 Å². The van der Waals surface area contributed by atoms with Gasteiger partial charge in [0.15, 0.2) is 0 Å². The third-order valence-electron chi connectivity index (χ3n) is 7.32. The van der Waals surface area contributed by atoms with Crippen molar-refractivity contribution in [1.29, 1.82) is 0 Å². The van der Waals surface area contributed by atoms with Crippen LogP contribution in [0.1, 0.15) is 83.1 Å². The minimum atomic E-state index is -1.04. The Kier molecular flexibility index (Phi) is 9.77. The molecule has 1 aromatic carbocycles. The van der Waals surface area contributed by atoms with Gasteiger partial charge in [0.1, 0.15) is 6.04 Å². The Hall–Kier alpha value is -2.81. The van der Waals surface area contributed by atoms with Gasteiger partial charge in [-0.2, -0.15) is 0 Å². The van der Waals surface area contributed by atoms with Crippen molar-refractivity contribution in [3.05, 3.63) is 39.9 Å². The fraction of sp³-hybridized carbons (Fsp3) is 0.654. The molecule has 0 spiro atoms. The molecule has 9 heteroatoms. The van der Waals surface area contributed by atoms with Crippen LogP contribution >= 0.6 is 0 Å². The van der Waals surface area contributed by atoms with Crippen LogP contribution in [0, 0.1) is 16.0 Å². The van der Waals surface area contributed by atoms with Crippen LogP contribution in [0.5, 0.6) is 0 Å². The van der Waals surface area contributed by atoms with Crippen LogP contribution in [0.3, 0.4) is 0 Å². The van der Waals surface area contributed by atoms with Crippen molar-refractivity contribution in [2.45, 2.75) is 102 Å². The van der Waals surface area contributed by atoms with Crippen molar-refractivity contribution in [1.82, 2.24) is 10.2 Å². The molecule has 1 aromatic rings. The fourth-order valence-corrected chi connectivity index (χ4v) is 5.38. The number of hydrogen-bond acceptors (Lipinski definition) is 6. The number of imide groups is 1. The minimum absolute atomic E-state index is 0.0480. The molecule has 192 valence electrons. The van der Waals surface area contributed by atoms with Crippen molar-refractivity contribution < 1.29 is 19.3 Å². The summed E-state index contributed by atoms with van der Waals surface area (Å²) in [4.78, 5) is 51.9. The summed E-state index contributed by atoms with van der Waals surface area (Å²) < 4.78 is 0. The molecule has 3 amide bonds. The van der Waals surface area contributed by atoms with Crippen molar-refractivity contribution in [2.24, 2.45) is 11.7 Å². The molecular weight excluding hydrogens is 448 g/mol. The van der Waals surface area contributed by atoms with Crippen molar-refractivity contribution in [3.8, 4) is 0 Å². The lowest BCUT2D eigenvalue weighted by atomic mass is 9.82. The van der Waals surface area contributed by atoms with Crippen LogP contribution in [0.15, 0.2) is 24.3 Å². The first-order valence-electron chi connectivity index (χ1n) is 13.0. The highest BCUT2D eigenvalue weighted by Gasteiger charge is 2.42. The van der Waals surface area contributed by atoms with Gasteiger partial charge in [-0.05, 0) is 43.6 Å². The Morgan fingerprint density at radius 2 is 1.60 bits per heavy atom. The van der Waals surface area contributed by atoms with Gasteiger partial charge in [-0.1, -0.05) is 57.6 Å². The number of amides is 3. The second-order valence-electron chi connectivity index (χ2n) is 9.88. The molecule has 2 atom stereocenters. The summed E-state index contributed by atoms with van der Waals surface area (Å²) in [6.07, 6.45) is 9.94. The Bertz CT molecular complexity index is 892. The molecule has 0 aliphatic heterocycles. The number of nitrogens with zero attached hydrogens (tertiary/aromatic N) is 2. The van der Waals surface area contributed by atoms with Gasteiger partial charge in [-0.15, -0.1) is 0 Å². The maximum Gasteiger partial charge on any atom is 0.269 e. The largest absolute Gasteiger partial charge is 0.352 e. The summed E-state index contributed by atoms with van der Waals surface area (Å²) in [5.41, 5.74) is 6.89. The lowest BCUT2D eigenvalue weighted by molar-refractivity contribution is -0.384. The summed E-state index contributed by atoms with van der Waals surface area (Å²) in [6.45, 7) is 1.68. The summed E-state index contributed by atoms with van der Waals surface area (Å²) >= 11 is 0. The van der Waals surface area contributed by atoms with Gasteiger partial charge in [-0.3, -0.25) is 29.4 Å². The number of nitro groups is 1. The Morgan fingerprint density at radius 1 is 1.03 bits per heavy atom. The molecule has 9 nitrogen and oxygen atoms in total. The molecule has 0 radical (unpaired) electrons. The number of carbonyl (C=O) groups is 3. The van der Waals surface area contributed by atoms with E-state index in [1.54, 1.807) is 19.1 Å². The van der Waals surface area contributed by atoms with Gasteiger partial charge in [0, 0.05) is 24.6 Å². The second kappa shape index (κ2) is 12.8. The summed E-state index contributed by atoms with van der Waals surface area (Å²) in [6, 6.07) is 4.02. The first-order valence-corrected chi connectivity index (χ1v) is 13.0. The molecule has 0 heterocycles. The van der Waals surface area contributed by atoms with Crippen LogP contribution in [0.4, 0.5) is 5.69 Å². The molecular formula is C26H38N4O5. The number of carbonyl (C=O) groups excluding carboxylic acids is 3. The highest BCUT2D eigenvalue weighted by atomic mass is 16.6. The molecule has 0 bridgehead atoms. The Balaban J connectivity index is 1.83. The van der Waals surface area contributed by atoms with E-state index in [-0.39, 0.29) is 36.4 Å². The SMILES string of the molecule is CCC(=O)N(C(=O)[C@@H](N)Cc1ccc([N+](=O)[O-])cc1)C(C(=O)NC1CCCCC1)C1CCCCC1. The standard InChI is InChI=1S/C26H38N4O5/c1-2-23(31)29(26(33)22(27)17-18-13-15-21(16-14-18)30(34)35)24(19-9-5-3-6-10-19)25(32)28-20-11-7-4-8-12-20/h13-16,19-20,22,24H,2-12,17,27H2,1H3,(H,28,32)/t22-,24?/m0/s1. The van der Waals surface area contributed by atoms with Crippen LogP contribution in [-0.4, -0.2) is 45.7 Å². The van der Waals surface area contributed by atoms with E-state index in [0.717, 1.165) is 69.1 Å². The van der Waals surface area contributed by atoms with E-state index in [1.807, 2.05) is 0 Å². The third kappa shape index (κ3) is 7.10. The van der Waals surface area contributed by atoms with E-state index in [4.69, 9.17) is 5.73 Å². The second-order valence-corrected chi connectivity index (χ2v) is 9.88. The van der Waals surface area contributed by atoms with Gasteiger partial charge in [-0.25, -0.2) is 0 Å². The number of rotatable bonds is 9. The number of benzene rings is 1. The normalized spacial score (nSPS) is 18.9. The molecule has 2 aliphatic carbocycles. The first-order chi connectivity index (χ1) is 16.8. The summed E-state index contributed by atoms with van der Waals surface area (Å²) in [5.74, 6) is -1.30. The van der Waals surface area contributed by atoms with Crippen LogP contribution < -0.4 is 11.1 Å². The topological polar surface area (TPSA) is 136 Å². The van der Waals surface area contributed by atoms with Crippen molar-refractivity contribution in [2.75, 3.05) is 0 Å². The number of nitrogens with two attached hydrogens (primary N) is 1. The maximum atomic E-state index is 13.6. The predicted octanol–water partition coefficient (Wildman–Crippen LogP) is 3.63. The average Bonchev–Trinajstić information content (AvgIpc) is 2.87. The Labute approximate surface area is 207 Å². The zero-order chi connectivity index (χ0) is 25.4. The fourth-order valence-electron chi connectivity index (χ4n) is 5.38. The molecule has 2 fully saturated rings. The molecule has 1 unspecified atom stereocenters. The third-order valence-corrected chi connectivity index (χ3v) is 7.32. The van der Waals surface area contributed by atoms with Crippen LogP contribution in [0.2, 0.25) is 0 Å². The van der Waals surface area contributed by atoms with Gasteiger partial charge >= 0.3 is 0 Å². The molecule has 0 saturated heterocycles. The van der Waals surface area contributed by atoms with E-state index in [1.165, 1.54) is 12.1 Å². The highest BCUT2D eigenvalue weighted by Crippen LogP contribution is 2.31. The number of nitrogens with one attached hydrogen (secondary N) is 1. The van der Waals surface area contributed by atoms with E-state index >= 15 is 0 Å². The van der Waals surface area contributed by atoms with Gasteiger partial charge < -0.3 is 11.1 Å². The zero-order valence-electron chi connectivity index (χ0n) is 20.6. The Morgan fingerprint density at radius 3 is 2.14 bits per heavy atom. The lowest BCUT2D eigenvalue weighted by Gasteiger charge is -2.38. The minimum Gasteiger partial charge on any atom is -0.352 e. The van der Waals surface area contributed by atoms with Gasteiger partial charge in [0.2, 0.25) is 17.7 Å². The van der Waals surface area contributed by atoms with Gasteiger partial charge in [0.25, 0.3) is 5.69 Å². The van der Waals surface area contributed by atoms with Crippen molar-refractivity contribution >= 4 is 23.4 Å². The number of hydrogen-bond donors (Lipinski definition) is 2. The monoisotopic (exact) mass is 486 g/mol. The van der Waals surface area contributed by atoms with E-state index in [9.17, 15) is 24.5 Å². The molecule has 2 saturated carbocycles. The summed E-state index contributed by atoms with van der Waals surface area (Å²) in [7, 11) is 0. The van der Waals surface area contributed by atoms with E-state index in [2.05, 4.69) is 5.32 Å². The lowest BCUT2D eigenvalue weighted by Crippen LogP contribution is -2.60.